The molecule has 3 nitrogen and oxygen atoms in total. The summed E-state index contributed by atoms with van der Waals surface area (Å²) in [5.74, 6) is 1.72. The van der Waals surface area contributed by atoms with Crippen LogP contribution < -0.4 is 9.47 Å². The van der Waals surface area contributed by atoms with Crippen LogP contribution in [0.2, 0.25) is 0 Å². The van der Waals surface area contributed by atoms with E-state index in [4.69, 9.17) is 9.47 Å². The van der Waals surface area contributed by atoms with Gasteiger partial charge < -0.3 is 9.47 Å². The van der Waals surface area contributed by atoms with Gasteiger partial charge in [-0.05, 0) is 50.1 Å². The zero-order valence-corrected chi connectivity index (χ0v) is 20.5. The first kappa shape index (κ1) is 28.2. The number of methoxy groups -OCH3 is 2. The molecule has 3 heteroatoms. The van der Waals surface area contributed by atoms with Gasteiger partial charge in [0.25, 0.3) is 0 Å². The van der Waals surface area contributed by atoms with E-state index in [2.05, 4.69) is 56.9 Å². The fraction of sp³-hybridized carbons (Fsp3) is 0.393. The Balaban J connectivity index is 0.000000396. The Hall–Kier alpha value is -2.81. The Labute approximate surface area is 190 Å². The van der Waals surface area contributed by atoms with E-state index in [-0.39, 0.29) is 0 Å². The van der Waals surface area contributed by atoms with Gasteiger partial charge in [-0.1, -0.05) is 88.1 Å². The number of rotatable bonds is 5. The van der Waals surface area contributed by atoms with Crippen molar-refractivity contribution in [2.75, 3.05) is 14.2 Å². The first-order valence-corrected chi connectivity index (χ1v) is 11.1. The predicted molar refractivity (Wildman–Crippen MR) is 134 cm³/mol. The van der Waals surface area contributed by atoms with E-state index in [9.17, 15) is 0 Å². The van der Waals surface area contributed by atoms with Crippen molar-refractivity contribution in [2.24, 2.45) is 0 Å². The molecule has 3 rings (SSSR count). The van der Waals surface area contributed by atoms with E-state index in [1.807, 2.05) is 49.4 Å². The van der Waals surface area contributed by atoms with Gasteiger partial charge in [0.05, 0.1) is 20.4 Å². The van der Waals surface area contributed by atoms with E-state index in [1.54, 1.807) is 20.4 Å². The minimum atomic E-state index is 0.806. The Morgan fingerprint density at radius 1 is 0.677 bits per heavy atom. The number of aromatic nitrogens is 1. The van der Waals surface area contributed by atoms with Crippen LogP contribution in [0.5, 0.6) is 11.5 Å². The lowest BCUT2D eigenvalue weighted by Gasteiger charge is -1.97. The summed E-state index contributed by atoms with van der Waals surface area (Å²) in [7, 11) is 3.30. The fourth-order valence-corrected chi connectivity index (χ4v) is 2.32. The van der Waals surface area contributed by atoms with E-state index < -0.39 is 0 Å². The lowest BCUT2D eigenvalue weighted by atomic mass is 10.2. The van der Waals surface area contributed by atoms with Gasteiger partial charge in [0.2, 0.25) is 0 Å². The highest BCUT2D eigenvalue weighted by Gasteiger charge is 1.87. The second-order valence-corrected chi connectivity index (χ2v) is 7.05. The molecule has 0 amide bonds. The van der Waals surface area contributed by atoms with E-state index >= 15 is 0 Å². The quantitative estimate of drug-likeness (QED) is 0.419. The molecule has 31 heavy (non-hydrogen) atoms. The van der Waals surface area contributed by atoms with Crippen LogP contribution in [0.25, 0.3) is 0 Å². The summed E-state index contributed by atoms with van der Waals surface area (Å²) in [5, 5.41) is 0. The van der Waals surface area contributed by atoms with Crippen molar-refractivity contribution in [1.82, 2.24) is 4.98 Å². The van der Waals surface area contributed by atoms with Crippen LogP contribution in [0, 0.1) is 13.8 Å². The zero-order valence-electron chi connectivity index (χ0n) is 20.5. The van der Waals surface area contributed by atoms with Gasteiger partial charge >= 0.3 is 0 Å². The Morgan fingerprint density at radius 2 is 1.23 bits per heavy atom. The molecule has 0 aliphatic carbocycles. The number of nitrogens with zero attached hydrogens (tertiary/aromatic N) is 1. The van der Waals surface area contributed by atoms with Gasteiger partial charge in [-0.2, -0.15) is 0 Å². The summed E-state index contributed by atoms with van der Waals surface area (Å²) in [6, 6.07) is 22.2. The smallest absolute Gasteiger partial charge is 0.137 e. The third-order valence-electron chi connectivity index (χ3n) is 4.33. The second-order valence-electron chi connectivity index (χ2n) is 7.05. The molecule has 0 fully saturated rings. The standard InChI is InChI=1S/C8H10O.C8H10.C7H9NO.C5H12/c1-7-3-5-8(9-2)6-4-7;1-2-8-6-4-3-5-7-8;1-6-3-4-7(9-2)5-8-6;1-3-5-4-2/h3-6H,1-2H3;3-7H,2H2,1H3;3-5H,1-2H3;3-5H2,1-2H3. The molecule has 0 unspecified atom stereocenters. The molecule has 0 saturated carbocycles. The summed E-state index contributed by atoms with van der Waals surface area (Å²) >= 11 is 0. The fourth-order valence-electron chi connectivity index (χ4n) is 2.32. The van der Waals surface area contributed by atoms with Gasteiger partial charge in [-0.3, -0.25) is 4.98 Å². The van der Waals surface area contributed by atoms with Crippen LogP contribution in [0.15, 0.2) is 72.9 Å². The molecule has 0 saturated heterocycles. The lowest BCUT2D eigenvalue weighted by molar-refractivity contribution is 0.412. The van der Waals surface area contributed by atoms with Crippen molar-refractivity contribution in [2.45, 2.75) is 60.3 Å². The van der Waals surface area contributed by atoms with E-state index in [1.165, 1.54) is 30.4 Å². The molecule has 0 aliphatic rings. The average Bonchev–Trinajstić information content (AvgIpc) is 2.82. The average molecular weight is 424 g/mol. The molecule has 0 spiro atoms. The summed E-state index contributed by atoms with van der Waals surface area (Å²) in [4.78, 5) is 4.02. The largest absolute Gasteiger partial charge is 0.497 e. The summed E-state index contributed by atoms with van der Waals surface area (Å²) in [5.41, 5.74) is 3.68. The van der Waals surface area contributed by atoms with Crippen LogP contribution in [-0.4, -0.2) is 19.2 Å². The maximum Gasteiger partial charge on any atom is 0.137 e. The first-order chi connectivity index (χ1) is 15.0. The van der Waals surface area contributed by atoms with Gasteiger partial charge in [-0.25, -0.2) is 0 Å². The number of hydrogen-bond acceptors (Lipinski definition) is 3. The first-order valence-electron chi connectivity index (χ1n) is 11.1. The van der Waals surface area contributed by atoms with Crippen LogP contribution in [-0.2, 0) is 6.42 Å². The predicted octanol–water partition coefficient (Wildman–Crippen LogP) is 7.85. The minimum absolute atomic E-state index is 0.806. The molecule has 2 aromatic carbocycles. The molecular formula is C28H41NO2. The molecule has 170 valence electrons. The Kier molecular flexibility index (Phi) is 17.4. The SMILES string of the molecule is CCCCC.CCc1ccccc1.COc1ccc(C)cc1.COc1ccc(C)nc1. The highest BCUT2D eigenvalue weighted by atomic mass is 16.5. The molecule has 1 aromatic heterocycles. The molecule has 0 bridgehead atoms. The number of pyridine rings is 1. The monoisotopic (exact) mass is 423 g/mol. The van der Waals surface area contributed by atoms with Crippen molar-refractivity contribution < 1.29 is 9.47 Å². The van der Waals surface area contributed by atoms with Crippen LogP contribution in [0.4, 0.5) is 0 Å². The maximum atomic E-state index is 4.97. The number of hydrogen-bond donors (Lipinski definition) is 0. The van der Waals surface area contributed by atoms with E-state index in [0.717, 1.165) is 23.6 Å². The van der Waals surface area contributed by atoms with Crippen molar-refractivity contribution in [3.8, 4) is 11.5 Å². The Morgan fingerprint density at radius 3 is 1.58 bits per heavy atom. The highest BCUT2D eigenvalue weighted by molar-refractivity contribution is 5.26. The van der Waals surface area contributed by atoms with Crippen molar-refractivity contribution in [3.05, 3.63) is 89.7 Å². The normalized spacial score (nSPS) is 9.00. The summed E-state index contributed by atoms with van der Waals surface area (Å²) in [6.07, 6.45) is 6.92. The van der Waals surface area contributed by atoms with Crippen molar-refractivity contribution >= 4 is 0 Å². The van der Waals surface area contributed by atoms with Crippen LogP contribution in [0.3, 0.4) is 0 Å². The molecule has 0 radical (unpaired) electrons. The van der Waals surface area contributed by atoms with Crippen LogP contribution in [0.1, 0.15) is 56.9 Å². The zero-order chi connectivity index (χ0) is 23.3. The second kappa shape index (κ2) is 19.2. The number of ether oxygens (including phenoxy) is 2. The summed E-state index contributed by atoms with van der Waals surface area (Å²) in [6.45, 7) is 10.6. The van der Waals surface area contributed by atoms with Gasteiger partial charge in [-0.15, -0.1) is 0 Å². The molecule has 0 atom stereocenters. The van der Waals surface area contributed by atoms with Crippen molar-refractivity contribution in [1.29, 1.82) is 0 Å². The summed E-state index contributed by atoms with van der Waals surface area (Å²) < 4.78 is 9.88. The van der Waals surface area contributed by atoms with E-state index in [0.29, 0.717) is 0 Å². The van der Waals surface area contributed by atoms with Gasteiger partial charge in [0.15, 0.2) is 0 Å². The topological polar surface area (TPSA) is 31.4 Å². The maximum absolute atomic E-state index is 4.97. The minimum Gasteiger partial charge on any atom is -0.497 e. The van der Waals surface area contributed by atoms with Gasteiger partial charge in [0.1, 0.15) is 11.5 Å². The lowest BCUT2D eigenvalue weighted by Crippen LogP contribution is -1.84. The third-order valence-corrected chi connectivity index (χ3v) is 4.33. The molecule has 1 heterocycles. The van der Waals surface area contributed by atoms with Crippen LogP contribution >= 0.6 is 0 Å². The Bertz CT molecular complexity index is 706. The third kappa shape index (κ3) is 15.7. The highest BCUT2D eigenvalue weighted by Crippen LogP contribution is 2.09. The number of unbranched alkanes of at least 4 members (excludes halogenated alkanes) is 2. The molecular weight excluding hydrogens is 382 g/mol. The number of aryl methyl sites for hydroxylation is 3. The molecule has 0 N–H and O–H groups in total. The van der Waals surface area contributed by atoms with Gasteiger partial charge in [0, 0.05) is 5.69 Å². The number of benzene rings is 2. The molecule has 0 aliphatic heterocycles. The molecule has 3 aromatic rings. The van der Waals surface area contributed by atoms with Crippen molar-refractivity contribution in [3.63, 3.8) is 0 Å².